The van der Waals surface area contributed by atoms with Crippen molar-refractivity contribution in [3.8, 4) is 0 Å². The van der Waals surface area contributed by atoms with E-state index >= 15 is 0 Å². The van der Waals surface area contributed by atoms with Crippen LogP contribution >= 0.6 is 11.6 Å². The van der Waals surface area contributed by atoms with Gasteiger partial charge in [0.05, 0.1) is 0 Å². The molecule has 0 saturated heterocycles. The van der Waals surface area contributed by atoms with Crippen molar-refractivity contribution in [1.29, 1.82) is 0 Å². The summed E-state index contributed by atoms with van der Waals surface area (Å²) in [4.78, 5) is 18.0. The van der Waals surface area contributed by atoms with Gasteiger partial charge in [-0.3, -0.25) is 4.98 Å². The van der Waals surface area contributed by atoms with Crippen LogP contribution in [0.1, 0.15) is 5.56 Å². The predicted molar refractivity (Wildman–Crippen MR) is 70.7 cm³/mol. The monoisotopic (exact) mass is 264 g/mol. The fraction of sp³-hybridized carbons (Fsp3) is 0.273. The van der Waals surface area contributed by atoms with Gasteiger partial charge in [-0.2, -0.15) is 15.0 Å². The maximum absolute atomic E-state index is 5.84. The normalized spacial score (nSPS) is 10.2. The van der Waals surface area contributed by atoms with Gasteiger partial charge >= 0.3 is 0 Å². The smallest absolute Gasteiger partial charge is 0.230 e. The van der Waals surface area contributed by atoms with Gasteiger partial charge in [-0.25, -0.2) is 0 Å². The molecule has 0 fully saturated rings. The van der Waals surface area contributed by atoms with Crippen LogP contribution in [0.15, 0.2) is 24.5 Å². The zero-order valence-electron chi connectivity index (χ0n) is 10.1. The quantitative estimate of drug-likeness (QED) is 0.905. The molecular weight excluding hydrogens is 252 g/mol. The number of pyridine rings is 1. The van der Waals surface area contributed by atoms with Crippen molar-refractivity contribution in [2.75, 3.05) is 24.3 Å². The fourth-order valence-electron chi connectivity index (χ4n) is 1.30. The van der Waals surface area contributed by atoms with E-state index in [1.54, 1.807) is 17.3 Å². The lowest BCUT2D eigenvalue weighted by Gasteiger charge is -2.11. The van der Waals surface area contributed by atoms with E-state index in [9.17, 15) is 0 Å². The van der Waals surface area contributed by atoms with Gasteiger partial charge in [-0.1, -0.05) is 0 Å². The van der Waals surface area contributed by atoms with Crippen LogP contribution in [-0.2, 0) is 6.54 Å². The molecule has 0 aliphatic heterocycles. The zero-order valence-corrected chi connectivity index (χ0v) is 10.9. The minimum Gasteiger partial charge on any atom is -0.350 e. The third-order valence-electron chi connectivity index (χ3n) is 2.20. The SMILES string of the molecule is CN(C)c1nc(Cl)nc(NCc2ccncc2)n1. The van der Waals surface area contributed by atoms with Crippen molar-refractivity contribution in [1.82, 2.24) is 19.9 Å². The van der Waals surface area contributed by atoms with Crippen LogP contribution in [-0.4, -0.2) is 34.0 Å². The number of hydrogen-bond donors (Lipinski definition) is 1. The first-order chi connectivity index (χ1) is 8.65. The predicted octanol–water partition coefficient (Wildman–Crippen LogP) is 1.60. The average molecular weight is 265 g/mol. The summed E-state index contributed by atoms with van der Waals surface area (Å²) in [6.07, 6.45) is 3.48. The summed E-state index contributed by atoms with van der Waals surface area (Å²) >= 11 is 5.84. The van der Waals surface area contributed by atoms with E-state index in [0.717, 1.165) is 5.56 Å². The lowest BCUT2D eigenvalue weighted by molar-refractivity contribution is 0.941. The molecule has 7 heteroatoms. The lowest BCUT2D eigenvalue weighted by Crippen LogP contribution is -2.15. The number of nitrogens with one attached hydrogen (secondary N) is 1. The number of aromatic nitrogens is 4. The van der Waals surface area contributed by atoms with E-state index < -0.39 is 0 Å². The number of nitrogens with zero attached hydrogens (tertiary/aromatic N) is 5. The Hall–Kier alpha value is -1.95. The van der Waals surface area contributed by atoms with Gasteiger partial charge in [0.25, 0.3) is 0 Å². The van der Waals surface area contributed by atoms with Crippen molar-refractivity contribution in [3.05, 3.63) is 35.4 Å². The molecule has 2 aromatic rings. The molecule has 0 aliphatic carbocycles. The van der Waals surface area contributed by atoms with Crippen molar-refractivity contribution < 1.29 is 0 Å². The Morgan fingerprint density at radius 1 is 1.17 bits per heavy atom. The van der Waals surface area contributed by atoms with Crippen LogP contribution < -0.4 is 10.2 Å². The first-order valence-electron chi connectivity index (χ1n) is 5.37. The van der Waals surface area contributed by atoms with Gasteiger partial charge < -0.3 is 10.2 Å². The largest absolute Gasteiger partial charge is 0.350 e. The molecule has 18 heavy (non-hydrogen) atoms. The molecule has 0 saturated carbocycles. The Balaban J connectivity index is 2.10. The summed E-state index contributed by atoms with van der Waals surface area (Å²) < 4.78 is 0. The van der Waals surface area contributed by atoms with E-state index in [1.807, 2.05) is 26.2 Å². The summed E-state index contributed by atoms with van der Waals surface area (Å²) in [7, 11) is 3.69. The van der Waals surface area contributed by atoms with Gasteiger partial charge in [-0.05, 0) is 29.3 Å². The molecule has 0 amide bonds. The summed E-state index contributed by atoms with van der Waals surface area (Å²) in [6, 6.07) is 3.84. The van der Waals surface area contributed by atoms with Crippen molar-refractivity contribution in [2.24, 2.45) is 0 Å². The van der Waals surface area contributed by atoms with E-state index in [4.69, 9.17) is 11.6 Å². The minimum atomic E-state index is 0.172. The summed E-state index contributed by atoms with van der Waals surface area (Å²) in [5.41, 5.74) is 1.09. The molecule has 2 heterocycles. The first-order valence-corrected chi connectivity index (χ1v) is 5.74. The Bertz CT molecular complexity index is 516. The van der Waals surface area contributed by atoms with Crippen LogP contribution in [0, 0.1) is 0 Å². The topological polar surface area (TPSA) is 66.8 Å². The second-order valence-electron chi connectivity index (χ2n) is 3.83. The molecule has 2 aromatic heterocycles. The summed E-state index contributed by atoms with van der Waals surface area (Å²) in [5, 5.41) is 3.27. The molecule has 1 N–H and O–H groups in total. The number of rotatable bonds is 4. The number of halogens is 1. The van der Waals surface area contributed by atoms with Gasteiger partial charge in [0.2, 0.25) is 17.2 Å². The average Bonchev–Trinajstić information content (AvgIpc) is 2.37. The maximum Gasteiger partial charge on any atom is 0.230 e. The van der Waals surface area contributed by atoms with Crippen LogP contribution in [0.25, 0.3) is 0 Å². The lowest BCUT2D eigenvalue weighted by atomic mass is 10.3. The molecule has 0 atom stereocenters. The molecule has 0 spiro atoms. The molecule has 0 aromatic carbocycles. The molecule has 94 valence electrons. The number of anilines is 2. The Kier molecular flexibility index (Phi) is 3.88. The zero-order chi connectivity index (χ0) is 13.0. The molecule has 0 aliphatic rings. The second-order valence-corrected chi connectivity index (χ2v) is 4.17. The fourth-order valence-corrected chi connectivity index (χ4v) is 1.46. The molecule has 6 nitrogen and oxygen atoms in total. The third kappa shape index (κ3) is 3.27. The van der Waals surface area contributed by atoms with Crippen molar-refractivity contribution in [2.45, 2.75) is 6.54 Å². The highest BCUT2D eigenvalue weighted by Gasteiger charge is 2.06. The molecular formula is C11H13ClN6. The highest BCUT2D eigenvalue weighted by Crippen LogP contribution is 2.12. The molecule has 0 unspecified atom stereocenters. The van der Waals surface area contributed by atoms with Crippen LogP contribution in [0.5, 0.6) is 0 Å². The van der Waals surface area contributed by atoms with Crippen LogP contribution in [0.2, 0.25) is 5.28 Å². The van der Waals surface area contributed by atoms with E-state index in [1.165, 1.54) is 0 Å². The van der Waals surface area contributed by atoms with Crippen molar-refractivity contribution in [3.63, 3.8) is 0 Å². The summed E-state index contributed by atoms with van der Waals surface area (Å²) in [6.45, 7) is 0.607. The minimum absolute atomic E-state index is 0.172. The van der Waals surface area contributed by atoms with Gasteiger partial charge in [0, 0.05) is 33.0 Å². The standard InChI is InChI=1S/C11H13ClN6/c1-18(2)11-16-9(12)15-10(17-11)14-7-8-3-5-13-6-4-8/h3-6H,7H2,1-2H3,(H,14,15,16,17). The molecule has 0 bridgehead atoms. The van der Waals surface area contributed by atoms with E-state index in [2.05, 4.69) is 25.3 Å². The molecule has 2 rings (SSSR count). The Morgan fingerprint density at radius 2 is 1.89 bits per heavy atom. The van der Waals surface area contributed by atoms with E-state index in [0.29, 0.717) is 18.4 Å². The number of hydrogen-bond acceptors (Lipinski definition) is 6. The van der Waals surface area contributed by atoms with E-state index in [-0.39, 0.29) is 5.28 Å². The van der Waals surface area contributed by atoms with Crippen LogP contribution in [0.3, 0.4) is 0 Å². The van der Waals surface area contributed by atoms with Gasteiger partial charge in [0.15, 0.2) is 0 Å². The maximum atomic E-state index is 5.84. The third-order valence-corrected chi connectivity index (χ3v) is 2.37. The highest BCUT2D eigenvalue weighted by atomic mass is 35.5. The van der Waals surface area contributed by atoms with Gasteiger partial charge in [0.1, 0.15) is 0 Å². The van der Waals surface area contributed by atoms with Gasteiger partial charge in [-0.15, -0.1) is 0 Å². The first kappa shape index (κ1) is 12.5. The van der Waals surface area contributed by atoms with Crippen LogP contribution in [0.4, 0.5) is 11.9 Å². The highest BCUT2D eigenvalue weighted by molar-refractivity contribution is 6.28. The molecule has 0 radical (unpaired) electrons. The Morgan fingerprint density at radius 3 is 2.56 bits per heavy atom. The summed E-state index contributed by atoms with van der Waals surface area (Å²) in [5.74, 6) is 0.975. The van der Waals surface area contributed by atoms with Crippen molar-refractivity contribution >= 4 is 23.5 Å². The Labute approximate surface area is 110 Å². The second kappa shape index (κ2) is 5.59.